The SMILES string of the molecule is CCC(C)(CC(CC(C)(C)C(=O)NC1Cc2ccccc21)c1c2ccccc2cc2ccccc12)C(=O)OC.CCOC1Cc2cc(C(C)CC(C)(CC(CC)c3ccccc3)C(=O)OC)ccc21. The number of rotatable bonds is 19. The molecule has 0 saturated carbocycles. The van der Waals surface area contributed by atoms with Gasteiger partial charge in [0.1, 0.15) is 0 Å². The van der Waals surface area contributed by atoms with E-state index in [0.717, 1.165) is 38.7 Å². The van der Waals surface area contributed by atoms with Crippen LogP contribution in [-0.2, 0) is 41.4 Å². The van der Waals surface area contributed by atoms with Gasteiger partial charge in [-0.3, -0.25) is 14.4 Å². The summed E-state index contributed by atoms with van der Waals surface area (Å²) in [4.78, 5) is 39.8. The third-order valence-electron chi connectivity index (χ3n) is 15.7. The van der Waals surface area contributed by atoms with Crippen molar-refractivity contribution in [2.75, 3.05) is 20.8 Å². The van der Waals surface area contributed by atoms with Crippen molar-refractivity contribution in [1.29, 1.82) is 0 Å². The molecule has 8 rings (SSSR count). The van der Waals surface area contributed by atoms with Gasteiger partial charge in [-0.15, -0.1) is 0 Å². The molecule has 1 amide bonds. The minimum atomic E-state index is -0.670. The highest BCUT2D eigenvalue weighted by Crippen LogP contribution is 2.48. The van der Waals surface area contributed by atoms with Crippen LogP contribution in [0.1, 0.15) is 163 Å². The Kier molecular flexibility index (Phi) is 16.2. The average molecular weight is 930 g/mol. The van der Waals surface area contributed by atoms with Gasteiger partial charge in [0.15, 0.2) is 0 Å². The predicted octanol–water partition coefficient (Wildman–Crippen LogP) is 14.5. The summed E-state index contributed by atoms with van der Waals surface area (Å²) < 4.78 is 16.3. The molecule has 0 saturated heterocycles. The molecule has 1 N–H and O–H groups in total. The Balaban J connectivity index is 0.000000211. The first-order chi connectivity index (χ1) is 33.1. The van der Waals surface area contributed by atoms with Crippen molar-refractivity contribution in [3.63, 3.8) is 0 Å². The molecule has 7 nitrogen and oxygen atoms in total. The minimum absolute atomic E-state index is 0.0422. The molecule has 7 unspecified atom stereocenters. The van der Waals surface area contributed by atoms with Crippen molar-refractivity contribution in [2.24, 2.45) is 16.2 Å². The van der Waals surface area contributed by atoms with Crippen LogP contribution >= 0.6 is 0 Å². The molecule has 69 heavy (non-hydrogen) atoms. The second-order valence-electron chi connectivity index (χ2n) is 21.0. The molecule has 6 aromatic rings. The third-order valence-corrected chi connectivity index (χ3v) is 15.7. The number of fused-ring (bicyclic) bond motifs is 4. The van der Waals surface area contributed by atoms with Crippen LogP contribution in [-0.4, -0.2) is 38.7 Å². The lowest BCUT2D eigenvalue weighted by Gasteiger charge is -2.37. The maximum Gasteiger partial charge on any atom is 0.311 e. The zero-order valence-corrected chi connectivity index (χ0v) is 42.8. The minimum Gasteiger partial charge on any atom is -0.469 e. The van der Waals surface area contributed by atoms with Crippen molar-refractivity contribution in [3.8, 4) is 0 Å². The van der Waals surface area contributed by atoms with Crippen molar-refractivity contribution in [3.05, 3.63) is 166 Å². The quantitative estimate of drug-likeness (QED) is 0.0643. The molecule has 0 aromatic heterocycles. The number of ether oxygens (including phenoxy) is 3. The van der Waals surface area contributed by atoms with Gasteiger partial charge in [-0.1, -0.05) is 156 Å². The van der Waals surface area contributed by atoms with Crippen molar-refractivity contribution < 1.29 is 28.6 Å². The molecule has 0 aliphatic heterocycles. The van der Waals surface area contributed by atoms with Gasteiger partial charge in [0.05, 0.1) is 37.2 Å². The first-order valence-electron chi connectivity index (χ1n) is 25.3. The number of amides is 1. The molecule has 7 heteroatoms. The highest BCUT2D eigenvalue weighted by Gasteiger charge is 2.42. The van der Waals surface area contributed by atoms with E-state index >= 15 is 0 Å². The zero-order chi connectivity index (χ0) is 49.5. The molecule has 0 radical (unpaired) electrons. The summed E-state index contributed by atoms with van der Waals surface area (Å²) in [6.07, 6.45) is 6.54. The fourth-order valence-corrected chi connectivity index (χ4v) is 11.4. The summed E-state index contributed by atoms with van der Waals surface area (Å²) in [5.41, 5.74) is 7.17. The fraction of sp³-hybridized carbons (Fsp3) is 0.435. The van der Waals surface area contributed by atoms with Gasteiger partial charge in [0.25, 0.3) is 0 Å². The predicted molar refractivity (Wildman–Crippen MR) is 280 cm³/mol. The topological polar surface area (TPSA) is 90.9 Å². The van der Waals surface area contributed by atoms with Crippen LogP contribution in [0.15, 0.2) is 127 Å². The number of carbonyl (C=O) groups excluding carboxylic acids is 3. The Labute approximate surface area is 411 Å². The number of nitrogens with one attached hydrogen (secondary N) is 1. The van der Waals surface area contributed by atoms with Gasteiger partial charge in [-0.05, 0) is 150 Å². The van der Waals surface area contributed by atoms with Gasteiger partial charge in [0, 0.05) is 18.4 Å². The lowest BCUT2D eigenvalue weighted by molar-refractivity contribution is -0.153. The molecule has 0 bridgehead atoms. The maximum atomic E-state index is 13.8. The Hall–Kier alpha value is -5.79. The van der Waals surface area contributed by atoms with Crippen LogP contribution in [0.4, 0.5) is 0 Å². The summed E-state index contributed by atoms with van der Waals surface area (Å²) in [7, 11) is 2.97. The summed E-state index contributed by atoms with van der Waals surface area (Å²) >= 11 is 0. The molecule has 364 valence electrons. The van der Waals surface area contributed by atoms with Crippen molar-refractivity contribution in [2.45, 2.75) is 137 Å². The monoisotopic (exact) mass is 930 g/mol. The van der Waals surface area contributed by atoms with Gasteiger partial charge >= 0.3 is 11.9 Å². The summed E-state index contributed by atoms with van der Waals surface area (Å²) in [6.45, 7) is 17.4. The lowest BCUT2D eigenvalue weighted by atomic mass is 9.69. The molecule has 2 aliphatic rings. The summed E-state index contributed by atoms with van der Waals surface area (Å²) in [6, 6.07) is 44.8. The van der Waals surface area contributed by atoms with Gasteiger partial charge in [-0.2, -0.15) is 0 Å². The molecule has 7 atom stereocenters. The van der Waals surface area contributed by atoms with Gasteiger partial charge < -0.3 is 19.5 Å². The Morgan fingerprint density at radius 2 is 1.20 bits per heavy atom. The number of hydrogen-bond acceptors (Lipinski definition) is 6. The van der Waals surface area contributed by atoms with Crippen LogP contribution in [0.25, 0.3) is 21.5 Å². The van der Waals surface area contributed by atoms with E-state index in [2.05, 4.69) is 135 Å². The Morgan fingerprint density at radius 1 is 0.609 bits per heavy atom. The van der Waals surface area contributed by atoms with E-state index in [0.29, 0.717) is 25.2 Å². The van der Waals surface area contributed by atoms with Crippen LogP contribution in [0.2, 0.25) is 0 Å². The molecule has 0 spiro atoms. The first-order valence-corrected chi connectivity index (χ1v) is 25.3. The summed E-state index contributed by atoms with van der Waals surface area (Å²) in [5, 5.41) is 8.01. The standard InChI is InChI=1S/C35H39NO3.C27H36O3/c1-6-35(4,33(38)39-5)22-26(21-34(2,3)32(37)36-30-20-25-15-7-10-16-27(25)30)31-28-17-11-8-13-23(28)19-24-14-9-12-18-29(24)31;1-6-20(21-11-9-8-10-12-21)18-27(4,26(28)29-5)17-19(3)22-13-14-24-23(15-22)16-25(24)30-7-2/h7-19,26,30H,6,20-22H2,1-5H3,(H,36,37);8-15,19-20,25H,6-7,16-18H2,1-5H3. The fourth-order valence-electron chi connectivity index (χ4n) is 11.4. The number of benzene rings is 6. The summed E-state index contributed by atoms with van der Waals surface area (Å²) in [5.74, 6) is 0.314. The molecular weight excluding hydrogens is 855 g/mol. The van der Waals surface area contributed by atoms with E-state index in [1.807, 2.05) is 52.8 Å². The smallest absolute Gasteiger partial charge is 0.311 e. The van der Waals surface area contributed by atoms with Crippen molar-refractivity contribution in [1.82, 2.24) is 5.32 Å². The van der Waals surface area contributed by atoms with Gasteiger partial charge in [-0.25, -0.2) is 0 Å². The molecule has 2 aliphatic carbocycles. The van der Waals surface area contributed by atoms with E-state index < -0.39 is 16.2 Å². The van der Waals surface area contributed by atoms with E-state index in [1.165, 1.54) is 74.7 Å². The van der Waals surface area contributed by atoms with E-state index in [-0.39, 0.29) is 41.8 Å². The zero-order valence-electron chi connectivity index (χ0n) is 42.8. The molecule has 0 fully saturated rings. The number of esters is 2. The molecular formula is C62H75NO6. The number of methoxy groups -OCH3 is 2. The second-order valence-corrected chi connectivity index (χ2v) is 21.0. The van der Waals surface area contributed by atoms with Crippen LogP contribution < -0.4 is 5.32 Å². The van der Waals surface area contributed by atoms with Crippen LogP contribution in [0, 0.1) is 16.2 Å². The Bertz CT molecular complexity index is 2690. The average Bonchev–Trinajstić information content (AvgIpc) is 3.35. The van der Waals surface area contributed by atoms with E-state index in [4.69, 9.17) is 14.2 Å². The first kappa shape index (κ1) is 51.1. The van der Waals surface area contributed by atoms with E-state index in [1.54, 1.807) is 0 Å². The molecule has 0 heterocycles. The van der Waals surface area contributed by atoms with Crippen molar-refractivity contribution >= 4 is 39.4 Å². The number of carbonyl (C=O) groups is 3. The highest BCUT2D eigenvalue weighted by atomic mass is 16.5. The normalized spacial score (nSPS) is 18.0. The molecule has 6 aromatic carbocycles. The van der Waals surface area contributed by atoms with Crippen LogP contribution in [0.3, 0.4) is 0 Å². The second kappa shape index (κ2) is 21.9. The van der Waals surface area contributed by atoms with Gasteiger partial charge in [0.2, 0.25) is 5.91 Å². The highest BCUT2D eigenvalue weighted by molar-refractivity contribution is 6.03. The number of hydrogen-bond donors (Lipinski definition) is 1. The third kappa shape index (κ3) is 11.2. The van der Waals surface area contributed by atoms with E-state index in [9.17, 15) is 14.4 Å². The largest absolute Gasteiger partial charge is 0.469 e. The van der Waals surface area contributed by atoms with Crippen LogP contribution in [0.5, 0.6) is 0 Å². The maximum absolute atomic E-state index is 13.8. The lowest BCUT2D eigenvalue weighted by Crippen LogP contribution is -2.43. The Morgan fingerprint density at radius 3 is 1.80 bits per heavy atom.